The predicted octanol–water partition coefficient (Wildman–Crippen LogP) is 12.2. The molecule has 0 aliphatic rings. The zero-order chi connectivity index (χ0) is 30.5. The molecule has 1 heterocycles. The lowest BCUT2D eigenvalue weighted by Gasteiger charge is -2.26. The Kier molecular flexibility index (Phi) is 6.17. The van der Waals surface area contributed by atoms with E-state index < -0.39 is 0 Å². The van der Waals surface area contributed by atoms with Crippen LogP contribution in [0.4, 0.5) is 17.1 Å². The molecule has 0 spiro atoms. The van der Waals surface area contributed by atoms with Gasteiger partial charge in [0, 0.05) is 33.5 Å². The van der Waals surface area contributed by atoms with E-state index in [1.54, 1.807) is 0 Å². The van der Waals surface area contributed by atoms with E-state index in [9.17, 15) is 0 Å². The Morgan fingerprint density at radius 3 is 1.61 bits per heavy atom. The zero-order valence-corrected chi connectivity index (χ0v) is 25.2. The summed E-state index contributed by atoms with van der Waals surface area (Å²) in [6, 6.07) is 65.7. The third-order valence-electron chi connectivity index (χ3n) is 9.13. The van der Waals surface area contributed by atoms with Crippen LogP contribution in [0.5, 0.6) is 0 Å². The molecule has 0 saturated carbocycles. The van der Waals surface area contributed by atoms with Crippen LogP contribution in [0.1, 0.15) is 0 Å². The van der Waals surface area contributed by atoms with E-state index in [1.807, 2.05) is 0 Å². The van der Waals surface area contributed by atoms with Gasteiger partial charge in [0.1, 0.15) is 0 Å². The van der Waals surface area contributed by atoms with Gasteiger partial charge in [0.2, 0.25) is 0 Å². The van der Waals surface area contributed by atoms with Crippen molar-refractivity contribution in [3.8, 4) is 16.8 Å². The van der Waals surface area contributed by atoms with Crippen molar-refractivity contribution in [1.29, 1.82) is 0 Å². The van der Waals surface area contributed by atoms with Crippen LogP contribution in [-0.4, -0.2) is 4.57 Å². The summed E-state index contributed by atoms with van der Waals surface area (Å²) in [5.74, 6) is 0. The van der Waals surface area contributed by atoms with Crippen LogP contribution in [-0.2, 0) is 0 Å². The first-order valence-corrected chi connectivity index (χ1v) is 15.8. The summed E-state index contributed by atoms with van der Waals surface area (Å²) in [6.45, 7) is 0. The molecule has 2 nitrogen and oxygen atoms in total. The van der Waals surface area contributed by atoms with Gasteiger partial charge in [-0.2, -0.15) is 0 Å². The number of hydrogen-bond donors (Lipinski definition) is 0. The fourth-order valence-corrected chi connectivity index (χ4v) is 6.88. The number of anilines is 3. The molecule has 0 bridgehead atoms. The highest BCUT2D eigenvalue weighted by Crippen LogP contribution is 2.38. The number of fused-ring (bicyclic) bond motifs is 5. The van der Waals surface area contributed by atoms with Gasteiger partial charge in [0.15, 0.2) is 0 Å². The first-order valence-electron chi connectivity index (χ1n) is 15.8. The minimum atomic E-state index is 1.12. The molecule has 0 unspecified atom stereocenters. The van der Waals surface area contributed by atoms with E-state index in [4.69, 9.17) is 0 Å². The minimum absolute atomic E-state index is 1.12. The van der Waals surface area contributed by atoms with Crippen molar-refractivity contribution in [2.75, 3.05) is 4.90 Å². The van der Waals surface area contributed by atoms with Crippen molar-refractivity contribution < 1.29 is 0 Å². The van der Waals surface area contributed by atoms with Crippen molar-refractivity contribution in [1.82, 2.24) is 4.57 Å². The normalized spacial score (nSPS) is 11.5. The number of para-hydroxylation sites is 2. The molecule has 216 valence electrons. The molecule has 8 aromatic carbocycles. The summed E-state index contributed by atoms with van der Waals surface area (Å²) >= 11 is 0. The van der Waals surface area contributed by atoms with Crippen molar-refractivity contribution in [2.24, 2.45) is 0 Å². The largest absolute Gasteiger partial charge is 0.310 e. The van der Waals surface area contributed by atoms with Gasteiger partial charge >= 0.3 is 0 Å². The standard InChI is InChI=1S/C44H30N2/c1-2-14-37(15-3-1)45(40-27-22-31-10-4-5-11-34(31)28-40)38-23-18-32(19-24-38)33-20-25-39(26-21-33)46-43-17-9-8-16-41(43)42-29-35-12-6-7-13-36(35)30-44(42)46/h1-30H. The van der Waals surface area contributed by atoms with Gasteiger partial charge in [-0.15, -0.1) is 0 Å². The summed E-state index contributed by atoms with van der Waals surface area (Å²) < 4.78 is 2.39. The maximum atomic E-state index is 2.39. The molecule has 0 atom stereocenters. The molecule has 46 heavy (non-hydrogen) atoms. The van der Waals surface area contributed by atoms with Gasteiger partial charge in [-0.3, -0.25) is 0 Å². The SMILES string of the molecule is c1ccc(N(c2ccc(-c3ccc(-n4c5ccccc5c5cc6ccccc6cc54)cc3)cc2)c2ccc3ccccc3c2)cc1. The molecule has 0 amide bonds. The van der Waals surface area contributed by atoms with Crippen molar-refractivity contribution >= 4 is 60.4 Å². The average molecular weight is 587 g/mol. The molecule has 0 aliphatic heterocycles. The Bertz CT molecular complexity index is 2510. The fraction of sp³-hybridized carbons (Fsp3) is 0. The zero-order valence-electron chi connectivity index (χ0n) is 25.2. The van der Waals surface area contributed by atoms with E-state index in [1.165, 1.54) is 54.5 Å². The quantitative estimate of drug-likeness (QED) is 0.195. The van der Waals surface area contributed by atoms with Crippen LogP contribution in [0.25, 0.3) is 60.2 Å². The van der Waals surface area contributed by atoms with Crippen LogP contribution in [0.3, 0.4) is 0 Å². The van der Waals surface area contributed by atoms with E-state index in [0.29, 0.717) is 0 Å². The van der Waals surface area contributed by atoms with Gasteiger partial charge < -0.3 is 9.47 Å². The highest BCUT2D eigenvalue weighted by Gasteiger charge is 2.15. The first kappa shape index (κ1) is 26.3. The summed E-state index contributed by atoms with van der Waals surface area (Å²) in [6.07, 6.45) is 0. The van der Waals surface area contributed by atoms with Gasteiger partial charge in [0.05, 0.1) is 11.0 Å². The molecule has 0 radical (unpaired) electrons. The minimum Gasteiger partial charge on any atom is -0.310 e. The second-order valence-corrected chi connectivity index (χ2v) is 11.9. The van der Waals surface area contributed by atoms with Gasteiger partial charge in [-0.05, 0) is 99.4 Å². The smallest absolute Gasteiger partial charge is 0.0547 e. The Morgan fingerprint density at radius 2 is 0.870 bits per heavy atom. The summed E-state index contributed by atoms with van der Waals surface area (Å²) in [5.41, 5.74) is 9.39. The van der Waals surface area contributed by atoms with Crippen LogP contribution in [0.2, 0.25) is 0 Å². The predicted molar refractivity (Wildman–Crippen MR) is 196 cm³/mol. The number of hydrogen-bond acceptors (Lipinski definition) is 1. The van der Waals surface area contributed by atoms with Crippen LogP contribution < -0.4 is 4.90 Å². The van der Waals surface area contributed by atoms with E-state index in [-0.39, 0.29) is 0 Å². The monoisotopic (exact) mass is 586 g/mol. The van der Waals surface area contributed by atoms with Crippen molar-refractivity contribution in [2.45, 2.75) is 0 Å². The second kappa shape index (κ2) is 10.8. The fourth-order valence-electron chi connectivity index (χ4n) is 6.88. The second-order valence-electron chi connectivity index (χ2n) is 11.9. The van der Waals surface area contributed by atoms with Gasteiger partial charge in [-0.25, -0.2) is 0 Å². The number of aromatic nitrogens is 1. The number of rotatable bonds is 5. The third kappa shape index (κ3) is 4.43. The molecule has 0 fully saturated rings. The maximum Gasteiger partial charge on any atom is 0.0547 e. The Labute approximate surface area is 268 Å². The Hall–Kier alpha value is -6.12. The van der Waals surface area contributed by atoms with Gasteiger partial charge in [0.25, 0.3) is 0 Å². The summed E-state index contributed by atoms with van der Waals surface area (Å²) in [7, 11) is 0. The van der Waals surface area contributed by atoms with Crippen molar-refractivity contribution in [3.05, 3.63) is 182 Å². The number of nitrogens with zero attached hydrogens (tertiary/aromatic N) is 2. The third-order valence-corrected chi connectivity index (χ3v) is 9.13. The lowest BCUT2D eigenvalue weighted by atomic mass is 10.0. The van der Waals surface area contributed by atoms with Crippen LogP contribution >= 0.6 is 0 Å². The molecule has 0 saturated heterocycles. The Balaban J connectivity index is 1.09. The Morgan fingerprint density at radius 1 is 0.326 bits per heavy atom. The van der Waals surface area contributed by atoms with Crippen LogP contribution in [0.15, 0.2) is 182 Å². The topological polar surface area (TPSA) is 8.17 Å². The maximum absolute atomic E-state index is 2.39. The molecular formula is C44H30N2. The lowest BCUT2D eigenvalue weighted by molar-refractivity contribution is 1.18. The average Bonchev–Trinajstić information content (AvgIpc) is 3.44. The molecule has 0 aliphatic carbocycles. The molecular weight excluding hydrogens is 556 g/mol. The van der Waals surface area contributed by atoms with E-state index in [0.717, 1.165) is 22.7 Å². The van der Waals surface area contributed by atoms with E-state index in [2.05, 4.69) is 191 Å². The van der Waals surface area contributed by atoms with E-state index >= 15 is 0 Å². The van der Waals surface area contributed by atoms with Crippen LogP contribution in [0, 0.1) is 0 Å². The highest BCUT2D eigenvalue weighted by molar-refractivity contribution is 6.13. The first-order chi connectivity index (χ1) is 22.8. The molecule has 2 heteroatoms. The lowest BCUT2D eigenvalue weighted by Crippen LogP contribution is -2.09. The summed E-state index contributed by atoms with van der Waals surface area (Å²) in [5, 5.41) is 7.55. The van der Waals surface area contributed by atoms with Crippen molar-refractivity contribution in [3.63, 3.8) is 0 Å². The summed E-state index contributed by atoms with van der Waals surface area (Å²) in [4.78, 5) is 2.32. The molecule has 9 aromatic rings. The highest BCUT2D eigenvalue weighted by atomic mass is 15.1. The number of benzene rings is 8. The molecule has 1 aromatic heterocycles. The van der Waals surface area contributed by atoms with Gasteiger partial charge in [-0.1, -0.05) is 115 Å². The molecule has 0 N–H and O–H groups in total. The molecule has 9 rings (SSSR count).